The van der Waals surface area contributed by atoms with Gasteiger partial charge in [-0.25, -0.2) is 0 Å². The first-order chi connectivity index (χ1) is 56.8. The Morgan fingerprint density at radius 2 is 0.432 bits per heavy atom. The molecule has 0 spiro atoms. The van der Waals surface area contributed by atoms with E-state index >= 15 is 0 Å². The zero-order valence-corrected chi connectivity index (χ0v) is 73.8. The molecule has 6 N–H and O–H groups in total. The molecule has 0 fully saturated rings. The zero-order valence-electron chi connectivity index (χ0n) is 73.8. The molecule has 0 rings (SSSR count). The molecule has 2 atom stereocenters. The first kappa shape index (κ1) is 117. The van der Waals surface area contributed by atoms with Crippen LogP contribution in [0.25, 0.3) is 0 Å². The summed E-state index contributed by atoms with van der Waals surface area (Å²) in [5.41, 5.74) is -2.94. The third kappa shape index (κ3) is 86.2. The molecular weight excluding hydrogens is 1510 g/mol. The number of carboxylic acids is 6. The molecular formula is C94H164N4O20. The highest BCUT2D eigenvalue weighted by Gasteiger charge is 2.43. The van der Waals surface area contributed by atoms with Gasteiger partial charge in [-0.3, -0.25) is 69.2 Å². The van der Waals surface area contributed by atoms with Crippen molar-refractivity contribution in [2.75, 3.05) is 0 Å². The maximum Gasteiger partial charge on any atom is 0.303 e. The number of hydrogen-bond acceptors (Lipinski definition) is 14. The van der Waals surface area contributed by atoms with Gasteiger partial charge in [0, 0.05) is 83.9 Å². The lowest BCUT2D eigenvalue weighted by Gasteiger charge is -2.24. The van der Waals surface area contributed by atoms with Crippen LogP contribution in [0.15, 0.2) is 97.2 Å². The molecule has 2 unspecified atom stereocenters. The van der Waals surface area contributed by atoms with E-state index < -0.39 is 68.8 Å². The smallest absolute Gasteiger partial charge is 0.303 e. The van der Waals surface area contributed by atoms with Gasteiger partial charge in [0.15, 0.2) is 0 Å². The van der Waals surface area contributed by atoms with E-state index in [0.717, 1.165) is 89.9 Å². The molecule has 0 aliphatic carbocycles. The second kappa shape index (κ2) is 88.6. The maximum atomic E-state index is 11.6. The van der Waals surface area contributed by atoms with Gasteiger partial charge in [-0.05, 0) is 103 Å². The van der Waals surface area contributed by atoms with E-state index in [1.165, 1.54) is 193 Å². The molecule has 0 aromatic carbocycles. The fourth-order valence-electron chi connectivity index (χ4n) is 13.7. The largest absolute Gasteiger partial charge is 0.481 e. The Bertz CT molecular complexity index is 2720. The Morgan fingerprint density at radius 3 is 0.669 bits per heavy atom. The Hall–Kier alpha value is -7.66. The van der Waals surface area contributed by atoms with Gasteiger partial charge in [-0.2, -0.15) is 0 Å². The van der Waals surface area contributed by atoms with Crippen molar-refractivity contribution in [3.8, 4) is 0 Å². The van der Waals surface area contributed by atoms with Crippen molar-refractivity contribution in [2.24, 2.45) is 0 Å². The SMILES string of the molecule is CCCCC/C=C\C/C=C\C/C=C\C/C=C\CCCC(CCC(=O)O)(CCC(=O)O)[N+](=O)[O-].CCCCC/C=C\C/C=C\C/C=C\C/C=C\CCCC(CCC(=O)O)[N+](=O)[O-].CCCCCCCCCCCCCCCCCC(CCC(=O)O)(CCC(=O)O)[N+](=O)[O-].CCCCCCCCCCCCCCCCCC(CCC(=O)O)[N+](=O)[O-]. The quantitative estimate of drug-likeness (QED) is 0.0143. The summed E-state index contributed by atoms with van der Waals surface area (Å²) < 4.78 is 0. The van der Waals surface area contributed by atoms with Gasteiger partial charge >= 0.3 is 35.8 Å². The van der Waals surface area contributed by atoms with Crippen LogP contribution in [0.1, 0.15) is 439 Å². The Kier molecular flexibility index (Phi) is 87.6. The first-order valence-electron chi connectivity index (χ1n) is 45.9. The normalized spacial score (nSPS) is 12.4. The highest BCUT2D eigenvalue weighted by molar-refractivity contribution is 5.68. The second-order valence-electron chi connectivity index (χ2n) is 31.7. The lowest BCUT2D eigenvalue weighted by Crippen LogP contribution is -2.39. The van der Waals surface area contributed by atoms with Gasteiger partial charge in [0.05, 0.1) is 38.5 Å². The second-order valence-corrected chi connectivity index (χ2v) is 31.7. The fraction of sp³-hybridized carbons (Fsp3) is 0.766. The number of carbonyl (C=O) groups is 6. The molecule has 680 valence electrons. The predicted octanol–water partition coefficient (Wildman–Crippen LogP) is 27.3. The lowest BCUT2D eigenvalue weighted by atomic mass is 9.83. The molecule has 0 aliphatic heterocycles. The summed E-state index contributed by atoms with van der Waals surface area (Å²) in [5, 5.41) is 97.9. The van der Waals surface area contributed by atoms with E-state index in [9.17, 15) is 69.2 Å². The van der Waals surface area contributed by atoms with E-state index in [0.29, 0.717) is 38.5 Å². The van der Waals surface area contributed by atoms with Crippen LogP contribution in [-0.4, -0.2) is 109 Å². The van der Waals surface area contributed by atoms with Crippen molar-refractivity contribution in [1.29, 1.82) is 0 Å². The highest BCUT2D eigenvalue weighted by Crippen LogP contribution is 2.32. The summed E-state index contributed by atoms with van der Waals surface area (Å²) in [5.74, 6) is -6.33. The van der Waals surface area contributed by atoms with Crippen LogP contribution in [0.5, 0.6) is 0 Å². The van der Waals surface area contributed by atoms with Crippen molar-refractivity contribution < 1.29 is 79.1 Å². The summed E-state index contributed by atoms with van der Waals surface area (Å²) in [6, 6.07) is -1.43. The van der Waals surface area contributed by atoms with Gasteiger partial charge in [-0.1, -0.05) is 330 Å². The molecule has 0 saturated carbocycles. The van der Waals surface area contributed by atoms with E-state index in [2.05, 4.69) is 107 Å². The third-order valence-electron chi connectivity index (χ3n) is 21.2. The molecule has 24 nitrogen and oxygen atoms in total. The summed E-state index contributed by atoms with van der Waals surface area (Å²) in [4.78, 5) is 108. The van der Waals surface area contributed by atoms with Gasteiger partial charge in [0.25, 0.3) is 0 Å². The van der Waals surface area contributed by atoms with Crippen LogP contribution < -0.4 is 0 Å². The van der Waals surface area contributed by atoms with Crippen LogP contribution in [0.3, 0.4) is 0 Å². The number of unbranched alkanes of at least 4 members (excludes halogenated alkanes) is 36. The number of rotatable bonds is 82. The van der Waals surface area contributed by atoms with Crippen molar-refractivity contribution in [3.63, 3.8) is 0 Å². The number of carboxylic acid groups (broad SMARTS) is 6. The molecule has 0 amide bonds. The van der Waals surface area contributed by atoms with Crippen molar-refractivity contribution >= 4 is 35.8 Å². The molecule has 0 aromatic heterocycles. The summed E-state index contributed by atoms with van der Waals surface area (Å²) in [7, 11) is 0. The van der Waals surface area contributed by atoms with Gasteiger partial charge in [0.1, 0.15) is 0 Å². The van der Waals surface area contributed by atoms with Gasteiger partial charge in [0.2, 0.25) is 23.2 Å². The molecule has 24 heteroatoms. The van der Waals surface area contributed by atoms with E-state index in [4.69, 9.17) is 30.6 Å². The number of hydrogen-bond donors (Lipinski definition) is 6. The predicted molar refractivity (Wildman–Crippen MR) is 478 cm³/mol. The maximum absolute atomic E-state index is 11.6. The minimum atomic E-state index is -1.50. The van der Waals surface area contributed by atoms with E-state index in [1.807, 2.05) is 18.2 Å². The first-order valence-corrected chi connectivity index (χ1v) is 45.9. The van der Waals surface area contributed by atoms with Gasteiger partial charge in [-0.15, -0.1) is 0 Å². The number of aliphatic carboxylic acids is 6. The minimum absolute atomic E-state index is 0.107. The average molecular weight is 1670 g/mol. The van der Waals surface area contributed by atoms with Crippen LogP contribution in [0.2, 0.25) is 0 Å². The van der Waals surface area contributed by atoms with Crippen LogP contribution >= 0.6 is 0 Å². The van der Waals surface area contributed by atoms with Crippen LogP contribution in [-0.2, 0) is 28.8 Å². The Labute approximate surface area is 711 Å². The van der Waals surface area contributed by atoms with E-state index in [1.54, 1.807) is 0 Å². The van der Waals surface area contributed by atoms with Gasteiger partial charge < -0.3 is 30.6 Å². The van der Waals surface area contributed by atoms with E-state index in [-0.39, 0.29) is 99.7 Å². The molecule has 0 bridgehead atoms. The Balaban J connectivity index is -0.000000737. The Morgan fingerprint density at radius 1 is 0.237 bits per heavy atom. The molecule has 0 heterocycles. The lowest BCUT2D eigenvalue weighted by molar-refractivity contribution is -0.574. The third-order valence-corrected chi connectivity index (χ3v) is 21.2. The molecule has 0 saturated heterocycles. The summed E-state index contributed by atoms with van der Waals surface area (Å²) >= 11 is 0. The number of nitro groups is 4. The monoisotopic (exact) mass is 1670 g/mol. The standard InChI is InChI=1S/C26H41NO6.C24H45NO6.C23H37NO4.C21H41NO4/c1-2-3-4-5-6-7-8-9-10-11-12-13-14-15-16-17-18-21-26(27(32)33,22-19-24(28)29)23-20-25(30)31;1-2-3-4-5-6-7-8-9-10-11-12-13-14-15-16-19-24(25(30)31,20-17-22(26)27)21-18-23(28)29;1-2-3-4-5-6-7-8-9-10-11-12-13-14-15-16-17-18-19-22(24(27)28)20-21-23(25)26;1-2-3-4-5-6-7-8-9-10-11-12-13-14-15-16-17-20(22(25)26)18-19-21(23)24/h6-7,9-10,12-13,15-16H,2-5,8,11,14,17-23H2,1H3,(H,28,29)(H,30,31);2-21H2,1H3,(H,26,27)(H,28,29);6-7,9-10,12-13,15-16,22H,2-5,8,11,14,17-21H2,1H3,(H,25,26);20H,2-19H2,1H3,(H,23,24)/b7-6-,10-9-,13-12-,16-15-;;7-6-,10-9-,13-12-,16-15-;. The number of nitrogens with zero attached hydrogens (tertiary/aromatic N) is 4. The molecule has 0 radical (unpaired) electrons. The summed E-state index contributed by atoms with van der Waals surface area (Å²) in [6.07, 6.45) is 89.0. The van der Waals surface area contributed by atoms with Crippen LogP contribution in [0.4, 0.5) is 0 Å². The van der Waals surface area contributed by atoms with Crippen molar-refractivity contribution in [2.45, 2.75) is 462 Å². The number of allylic oxidation sites excluding steroid dienone is 16. The molecule has 0 aromatic rings. The van der Waals surface area contributed by atoms with Crippen LogP contribution in [0, 0.1) is 40.5 Å². The topological polar surface area (TPSA) is 396 Å². The summed E-state index contributed by atoms with van der Waals surface area (Å²) in [6.45, 7) is 8.92. The highest BCUT2D eigenvalue weighted by atomic mass is 16.6. The molecule has 0 aliphatic rings. The molecule has 118 heavy (non-hydrogen) atoms. The fourth-order valence-corrected chi connectivity index (χ4v) is 13.7. The average Bonchev–Trinajstić information content (AvgIpc) is 0.849. The minimum Gasteiger partial charge on any atom is -0.481 e. The zero-order chi connectivity index (χ0) is 88.5. The van der Waals surface area contributed by atoms with Crippen molar-refractivity contribution in [3.05, 3.63) is 138 Å². The van der Waals surface area contributed by atoms with Crippen molar-refractivity contribution in [1.82, 2.24) is 0 Å².